The van der Waals surface area contributed by atoms with Gasteiger partial charge in [0.05, 0.1) is 4.90 Å². The summed E-state index contributed by atoms with van der Waals surface area (Å²) >= 11 is 3.30. The molecule has 108 valence electrons. The average Bonchev–Trinajstić information content (AvgIpc) is 2.27. The highest BCUT2D eigenvalue weighted by molar-refractivity contribution is 9.10. The number of hydrogen-bond donors (Lipinski definition) is 1. The van der Waals surface area contributed by atoms with Crippen LogP contribution in [0, 0.1) is 5.41 Å². The van der Waals surface area contributed by atoms with E-state index in [1.54, 1.807) is 19.2 Å². The zero-order valence-corrected chi connectivity index (χ0v) is 14.2. The monoisotopic (exact) mass is 348 g/mol. The van der Waals surface area contributed by atoms with Crippen LogP contribution in [0.1, 0.15) is 26.3 Å². The fraction of sp³-hybridized carbons (Fsp3) is 0.538. The maximum Gasteiger partial charge on any atom is 0.243 e. The fourth-order valence-electron chi connectivity index (χ4n) is 1.79. The first-order valence-electron chi connectivity index (χ1n) is 6.03. The van der Waals surface area contributed by atoms with E-state index in [0.29, 0.717) is 17.6 Å². The van der Waals surface area contributed by atoms with Crippen LogP contribution in [-0.2, 0) is 16.6 Å². The van der Waals surface area contributed by atoms with Gasteiger partial charge < -0.3 is 5.73 Å². The molecule has 0 atom stereocenters. The first-order valence-corrected chi connectivity index (χ1v) is 8.26. The highest BCUT2D eigenvalue weighted by atomic mass is 79.9. The quantitative estimate of drug-likeness (QED) is 0.909. The first-order chi connectivity index (χ1) is 8.58. The maximum atomic E-state index is 12.6. The van der Waals surface area contributed by atoms with Gasteiger partial charge >= 0.3 is 0 Å². The summed E-state index contributed by atoms with van der Waals surface area (Å²) in [5.41, 5.74) is 6.27. The predicted octanol–water partition coefficient (Wildman–Crippen LogP) is 2.57. The SMILES string of the molecule is CN(CC(C)(C)C)S(=O)(=O)c1cc(CN)ccc1Br. The van der Waals surface area contributed by atoms with E-state index in [4.69, 9.17) is 5.73 Å². The molecule has 0 saturated carbocycles. The Bertz CT molecular complexity index is 550. The largest absolute Gasteiger partial charge is 0.326 e. The molecular formula is C13H21BrN2O2S. The molecule has 0 spiro atoms. The van der Waals surface area contributed by atoms with Gasteiger partial charge in [-0.25, -0.2) is 12.7 Å². The van der Waals surface area contributed by atoms with Crippen LogP contribution >= 0.6 is 15.9 Å². The zero-order chi connectivity index (χ0) is 14.8. The van der Waals surface area contributed by atoms with Gasteiger partial charge in [0, 0.05) is 24.6 Å². The summed E-state index contributed by atoms with van der Waals surface area (Å²) in [4.78, 5) is 0.266. The molecule has 0 aliphatic rings. The van der Waals surface area contributed by atoms with Gasteiger partial charge in [0.15, 0.2) is 0 Å². The molecule has 0 radical (unpaired) electrons. The van der Waals surface area contributed by atoms with E-state index in [0.717, 1.165) is 5.56 Å². The van der Waals surface area contributed by atoms with Crippen molar-refractivity contribution in [1.82, 2.24) is 4.31 Å². The molecule has 0 aliphatic heterocycles. The Kier molecular flexibility index (Phi) is 5.17. The number of hydrogen-bond acceptors (Lipinski definition) is 3. The van der Waals surface area contributed by atoms with Crippen LogP contribution in [0.25, 0.3) is 0 Å². The molecule has 1 aromatic carbocycles. The predicted molar refractivity (Wildman–Crippen MR) is 81.3 cm³/mol. The third-order valence-corrected chi connectivity index (χ3v) is 5.41. The van der Waals surface area contributed by atoms with Gasteiger partial charge in [-0.05, 0) is 39.0 Å². The van der Waals surface area contributed by atoms with Crippen LogP contribution in [0.15, 0.2) is 27.6 Å². The van der Waals surface area contributed by atoms with E-state index >= 15 is 0 Å². The van der Waals surface area contributed by atoms with Gasteiger partial charge in [-0.2, -0.15) is 0 Å². The van der Waals surface area contributed by atoms with Crippen molar-refractivity contribution in [2.24, 2.45) is 11.1 Å². The summed E-state index contributed by atoms with van der Waals surface area (Å²) < 4.78 is 27.1. The van der Waals surface area contributed by atoms with Crippen molar-refractivity contribution in [3.05, 3.63) is 28.2 Å². The molecule has 0 heterocycles. The molecule has 4 nitrogen and oxygen atoms in total. The number of benzene rings is 1. The molecule has 19 heavy (non-hydrogen) atoms. The van der Waals surface area contributed by atoms with Crippen molar-refractivity contribution in [1.29, 1.82) is 0 Å². The van der Waals surface area contributed by atoms with E-state index in [2.05, 4.69) is 15.9 Å². The molecular weight excluding hydrogens is 328 g/mol. The molecule has 0 bridgehead atoms. The second-order valence-electron chi connectivity index (χ2n) is 5.79. The summed E-state index contributed by atoms with van der Waals surface area (Å²) in [6, 6.07) is 5.16. The summed E-state index contributed by atoms with van der Waals surface area (Å²) in [6.07, 6.45) is 0. The van der Waals surface area contributed by atoms with Crippen LogP contribution in [0.4, 0.5) is 0 Å². The van der Waals surface area contributed by atoms with E-state index in [-0.39, 0.29) is 10.3 Å². The second kappa shape index (κ2) is 5.91. The summed E-state index contributed by atoms with van der Waals surface area (Å²) in [7, 11) is -1.91. The van der Waals surface area contributed by atoms with Crippen molar-refractivity contribution >= 4 is 26.0 Å². The van der Waals surface area contributed by atoms with Gasteiger partial charge in [0.25, 0.3) is 0 Å². The van der Waals surface area contributed by atoms with Crippen LogP contribution in [0.3, 0.4) is 0 Å². The standard InChI is InChI=1S/C13H21BrN2O2S/c1-13(2,3)9-16(4)19(17,18)12-7-10(8-15)5-6-11(12)14/h5-7H,8-9,15H2,1-4H3. The van der Waals surface area contributed by atoms with Crippen molar-refractivity contribution < 1.29 is 8.42 Å². The molecule has 0 saturated heterocycles. The third kappa shape index (κ3) is 4.27. The fourth-order valence-corrected chi connectivity index (χ4v) is 4.16. The average molecular weight is 349 g/mol. The number of rotatable bonds is 4. The Morgan fingerprint density at radius 2 is 1.89 bits per heavy atom. The summed E-state index contributed by atoms with van der Waals surface area (Å²) in [6.45, 7) is 6.78. The number of halogens is 1. The van der Waals surface area contributed by atoms with Crippen LogP contribution in [0.5, 0.6) is 0 Å². The number of nitrogens with two attached hydrogens (primary N) is 1. The van der Waals surface area contributed by atoms with Crippen LogP contribution in [0.2, 0.25) is 0 Å². The molecule has 1 rings (SSSR count). The smallest absolute Gasteiger partial charge is 0.243 e. The Balaban J connectivity index is 3.20. The molecule has 0 fully saturated rings. The van der Waals surface area contributed by atoms with E-state index in [1.807, 2.05) is 26.8 Å². The highest BCUT2D eigenvalue weighted by Crippen LogP contribution is 2.27. The minimum atomic E-state index is -3.50. The maximum absolute atomic E-state index is 12.6. The molecule has 6 heteroatoms. The topological polar surface area (TPSA) is 63.4 Å². The first kappa shape index (κ1) is 16.6. The Labute approximate surface area is 124 Å². The second-order valence-corrected chi connectivity index (χ2v) is 8.66. The lowest BCUT2D eigenvalue weighted by molar-refractivity contribution is 0.310. The molecule has 0 aliphatic carbocycles. The molecule has 1 aromatic rings. The van der Waals surface area contributed by atoms with E-state index < -0.39 is 10.0 Å². The Morgan fingerprint density at radius 3 is 2.37 bits per heavy atom. The Morgan fingerprint density at radius 1 is 1.32 bits per heavy atom. The molecule has 0 aromatic heterocycles. The summed E-state index contributed by atoms with van der Waals surface area (Å²) in [5, 5.41) is 0. The van der Waals surface area contributed by atoms with Crippen molar-refractivity contribution in [2.75, 3.05) is 13.6 Å². The van der Waals surface area contributed by atoms with Gasteiger partial charge in [0.1, 0.15) is 0 Å². The minimum Gasteiger partial charge on any atom is -0.326 e. The third-order valence-electron chi connectivity index (χ3n) is 2.62. The van der Waals surface area contributed by atoms with Gasteiger partial charge in [0.2, 0.25) is 10.0 Å². The molecule has 0 unspecified atom stereocenters. The van der Waals surface area contributed by atoms with Crippen molar-refractivity contribution in [3.63, 3.8) is 0 Å². The Hall–Kier alpha value is -0.430. The lowest BCUT2D eigenvalue weighted by Gasteiger charge is -2.26. The highest BCUT2D eigenvalue weighted by Gasteiger charge is 2.27. The van der Waals surface area contributed by atoms with Gasteiger partial charge in [-0.1, -0.05) is 26.8 Å². The van der Waals surface area contributed by atoms with E-state index in [9.17, 15) is 8.42 Å². The van der Waals surface area contributed by atoms with Crippen LogP contribution in [-0.4, -0.2) is 26.3 Å². The lowest BCUT2D eigenvalue weighted by Crippen LogP contribution is -2.34. The van der Waals surface area contributed by atoms with Gasteiger partial charge in [-0.15, -0.1) is 0 Å². The van der Waals surface area contributed by atoms with E-state index in [1.165, 1.54) is 4.31 Å². The summed E-state index contributed by atoms with van der Waals surface area (Å²) in [5.74, 6) is 0. The van der Waals surface area contributed by atoms with Crippen molar-refractivity contribution in [3.8, 4) is 0 Å². The number of nitrogens with zero attached hydrogens (tertiary/aromatic N) is 1. The van der Waals surface area contributed by atoms with Crippen molar-refractivity contribution in [2.45, 2.75) is 32.2 Å². The lowest BCUT2D eigenvalue weighted by atomic mass is 9.97. The number of sulfonamides is 1. The zero-order valence-electron chi connectivity index (χ0n) is 11.8. The normalized spacial score (nSPS) is 13.0. The van der Waals surface area contributed by atoms with Gasteiger partial charge in [-0.3, -0.25) is 0 Å². The minimum absolute atomic E-state index is 0.0974. The molecule has 2 N–H and O–H groups in total. The van der Waals surface area contributed by atoms with Crippen LogP contribution < -0.4 is 5.73 Å². The molecule has 0 amide bonds.